The van der Waals surface area contributed by atoms with Crippen molar-refractivity contribution in [1.82, 2.24) is 5.32 Å². The Hall–Kier alpha value is -1.64. The molecule has 0 aliphatic carbocycles. The Labute approximate surface area is 113 Å². The minimum absolute atomic E-state index is 0.236. The maximum absolute atomic E-state index is 12.4. The Bertz CT molecular complexity index is 500. The predicted molar refractivity (Wildman–Crippen MR) is 59.5 cm³/mol. The number of benzene rings is 1. The van der Waals surface area contributed by atoms with Crippen LogP contribution in [0.5, 0.6) is 0 Å². The minimum Gasteiger partial charge on any atom is -0.329 e. The molecule has 1 aromatic rings. The van der Waals surface area contributed by atoms with Gasteiger partial charge in [-0.05, 0) is 18.2 Å². The third-order valence-electron chi connectivity index (χ3n) is 1.99. The average Bonchev–Trinajstić information content (AvgIpc) is 2.27. The lowest BCUT2D eigenvalue weighted by Gasteiger charge is -2.13. The molecular formula is C10H7ClF6N2O. The van der Waals surface area contributed by atoms with Crippen molar-refractivity contribution >= 4 is 23.3 Å². The molecule has 10 heteroatoms. The summed E-state index contributed by atoms with van der Waals surface area (Å²) in [6, 6.07) is 0.768. The molecule has 0 aromatic heterocycles. The van der Waals surface area contributed by atoms with Crippen LogP contribution in [0.25, 0.3) is 0 Å². The van der Waals surface area contributed by atoms with Crippen molar-refractivity contribution in [2.24, 2.45) is 0 Å². The molecule has 0 unspecified atom stereocenters. The second kappa shape index (κ2) is 5.78. The van der Waals surface area contributed by atoms with Crippen molar-refractivity contribution in [1.29, 1.82) is 0 Å². The molecule has 1 rings (SSSR count). The van der Waals surface area contributed by atoms with E-state index in [-0.39, 0.29) is 5.02 Å². The SMILES string of the molecule is O=C(NCC(F)(F)F)Nc1cc(C(F)(F)F)ccc1Cl. The summed E-state index contributed by atoms with van der Waals surface area (Å²) >= 11 is 5.55. The van der Waals surface area contributed by atoms with Gasteiger partial charge in [0.25, 0.3) is 0 Å². The average molecular weight is 321 g/mol. The van der Waals surface area contributed by atoms with Gasteiger partial charge >= 0.3 is 18.4 Å². The van der Waals surface area contributed by atoms with Gasteiger partial charge in [-0.15, -0.1) is 0 Å². The standard InChI is InChI=1S/C10H7ClF6N2O/c11-6-2-1-5(10(15,16)17)3-7(6)19-8(20)18-4-9(12,13)14/h1-3H,4H2,(H2,18,19,20). The van der Waals surface area contributed by atoms with E-state index in [9.17, 15) is 31.1 Å². The van der Waals surface area contributed by atoms with Gasteiger partial charge in [0.1, 0.15) is 6.54 Å². The topological polar surface area (TPSA) is 41.1 Å². The Morgan fingerprint density at radius 2 is 1.75 bits per heavy atom. The lowest BCUT2D eigenvalue weighted by Crippen LogP contribution is -2.36. The maximum atomic E-state index is 12.4. The van der Waals surface area contributed by atoms with E-state index in [4.69, 9.17) is 11.6 Å². The van der Waals surface area contributed by atoms with Crippen LogP contribution in [0.15, 0.2) is 18.2 Å². The summed E-state index contributed by atoms with van der Waals surface area (Å²) in [5.41, 5.74) is -1.53. The highest BCUT2D eigenvalue weighted by molar-refractivity contribution is 6.33. The van der Waals surface area contributed by atoms with Crippen molar-refractivity contribution in [3.05, 3.63) is 28.8 Å². The fourth-order valence-corrected chi connectivity index (χ4v) is 1.31. The number of alkyl halides is 6. The number of halogens is 7. The lowest BCUT2D eigenvalue weighted by atomic mass is 10.2. The van der Waals surface area contributed by atoms with Crippen LogP contribution in [-0.2, 0) is 6.18 Å². The van der Waals surface area contributed by atoms with E-state index in [2.05, 4.69) is 0 Å². The van der Waals surface area contributed by atoms with Crippen molar-refractivity contribution in [3.63, 3.8) is 0 Å². The molecule has 0 radical (unpaired) electrons. The molecule has 0 atom stereocenters. The number of rotatable bonds is 2. The van der Waals surface area contributed by atoms with Crippen LogP contribution < -0.4 is 10.6 Å². The molecule has 112 valence electrons. The summed E-state index contributed by atoms with van der Waals surface area (Å²) < 4.78 is 72.8. The summed E-state index contributed by atoms with van der Waals surface area (Å²) in [7, 11) is 0. The van der Waals surface area contributed by atoms with E-state index in [1.54, 1.807) is 0 Å². The molecule has 0 saturated carbocycles. The first-order valence-electron chi connectivity index (χ1n) is 4.97. The molecule has 0 aliphatic rings. The normalized spacial score (nSPS) is 12.2. The smallest absolute Gasteiger partial charge is 0.329 e. The zero-order chi connectivity index (χ0) is 15.6. The molecule has 0 aliphatic heterocycles. The molecule has 3 nitrogen and oxygen atoms in total. The van der Waals surface area contributed by atoms with Gasteiger partial charge in [-0.1, -0.05) is 11.6 Å². The molecule has 0 fully saturated rings. The quantitative estimate of drug-likeness (QED) is 0.793. The number of nitrogens with one attached hydrogen (secondary N) is 2. The molecule has 20 heavy (non-hydrogen) atoms. The van der Waals surface area contributed by atoms with Crippen LogP contribution in [0.3, 0.4) is 0 Å². The number of urea groups is 1. The van der Waals surface area contributed by atoms with Crippen LogP contribution in [0.1, 0.15) is 5.56 Å². The number of carbonyl (C=O) groups excluding carboxylic acids is 1. The van der Waals surface area contributed by atoms with Crippen LogP contribution in [0.4, 0.5) is 36.8 Å². The third-order valence-corrected chi connectivity index (χ3v) is 2.32. The first-order valence-corrected chi connectivity index (χ1v) is 5.35. The maximum Gasteiger partial charge on any atom is 0.416 e. The van der Waals surface area contributed by atoms with Crippen LogP contribution in [0.2, 0.25) is 5.02 Å². The van der Waals surface area contributed by atoms with Gasteiger partial charge in [-0.2, -0.15) is 26.3 Å². The first-order chi connectivity index (χ1) is 8.99. The molecule has 0 bridgehead atoms. The summed E-state index contributed by atoms with van der Waals surface area (Å²) in [5.74, 6) is 0. The van der Waals surface area contributed by atoms with Crippen LogP contribution >= 0.6 is 11.6 Å². The van der Waals surface area contributed by atoms with Gasteiger partial charge in [0, 0.05) is 0 Å². The fraction of sp³-hybridized carbons (Fsp3) is 0.300. The molecule has 1 aromatic carbocycles. The molecule has 2 amide bonds. The Kier molecular flexibility index (Phi) is 4.74. The predicted octanol–water partition coefficient (Wildman–Crippen LogP) is 4.04. The Balaban J connectivity index is 2.79. The third kappa shape index (κ3) is 5.16. The number of amides is 2. The number of hydrogen-bond acceptors (Lipinski definition) is 1. The zero-order valence-corrected chi connectivity index (χ0v) is 10.2. The number of carbonyl (C=O) groups is 1. The van der Waals surface area contributed by atoms with E-state index in [1.807, 2.05) is 5.32 Å². The van der Waals surface area contributed by atoms with E-state index in [0.29, 0.717) is 12.1 Å². The molecule has 0 heterocycles. The second-order valence-electron chi connectivity index (χ2n) is 3.62. The van der Waals surface area contributed by atoms with Gasteiger partial charge in [-0.25, -0.2) is 4.79 Å². The van der Waals surface area contributed by atoms with Crippen molar-refractivity contribution in [3.8, 4) is 0 Å². The molecular weight excluding hydrogens is 314 g/mol. The first kappa shape index (κ1) is 16.4. The highest BCUT2D eigenvalue weighted by atomic mass is 35.5. The Morgan fingerprint density at radius 3 is 2.25 bits per heavy atom. The van der Waals surface area contributed by atoms with E-state index in [1.165, 1.54) is 5.32 Å². The largest absolute Gasteiger partial charge is 0.416 e. The highest BCUT2D eigenvalue weighted by Crippen LogP contribution is 2.33. The van der Waals surface area contributed by atoms with Crippen LogP contribution in [-0.4, -0.2) is 18.8 Å². The minimum atomic E-state index is -4.66. The monoisotopic (exact) mass is 320 g/mol. The van der Waals surface area contributed by atoms with Crippen molar-refractivity contribution < 1.29 is 31.1 Å². The summed E-state index contributed by atoms with van der Waals surface area (Å²) in [6.07, 6.45) is -9.29. The summed E-state index contributed by atoms with van der Waals surface area (Å²) in [5, 5.41) is 3.02. The number of hydrogen-bond donors (Lipinski definition) is 2. The molecule has 0 saturated heterocycles. The van der Waals surface area contributed by atoms with E-state index in [0.717, 1.165) is 6.07 Å². The van der Waals surface area contributed by atoms with Gasteiger partial charge < -0.3 is 10.6 Å². The van der Waals surface area contributed by atoms with Gasteiger partial charge in [0.15, 0.2) is 0 Å². The fourth-order valence-electron chi connectivity index (χ4n) is 1.14. The lowest BCUT2D eigenvalue weighted by molar-refractivity contribution is -0.137. The second-order valence-corrected chi connectivity index (χ2v) is 4.02. The van der Waals surface area contributed by atoms with Crippen LogP contribution in [0, 0.1) is 0 Å². The zero-order valence-electron chi connectivity index (χ0n) is 9.49. The van der Waals surface area contributed by atoms with Crippen molar-refractivity contribution in [2.45, 2.75) is 12.4 Å². The van der Waals surface area contributed by atoms with E-state index >= 15 is 0 Å². The summed E-state index contributed by atoms with van der Waals surface area (Å²) in [4.78, 5) is 11.1. The molecule has 0 spiro atoms. The number of anilines is 1. The van der Waals surface area contributed by atoms with Gasteiger partial charge in [0.2, 0.25) is 0 Å². The highest BCUT2D eigenvalue weighted by Gasteiger charge is 2.31. The van der Waals surface area contributed by atoms with Gasteiger partial charge in [-0.3, -0.25) is 0 Å². The van der Waals surface area contributed by atoms with Crippen molar-refractivity contribution in [2.75, 3.05) is 11.9 Å². The summed E-state index contributed by atoms with van der Waals surface area (Å²) in [6.45, 7) is -1.62. The Morgan fingerprint density at radius 1 is 1.15 bits per heavy atom. The molecule has 2 N–H and O–H groups in total. The van der Waals surface area contributed by atoms with Gasteiger partial charge in [0.05, 0.1) is 16.3 Å². The van der Waals surface area contributed by atoms with E-state index < -0.39 is 36.2 Å².